The number of hydrogen-bond donors (Lipinski definition) is 2. The lowest BCUT2D eigenvalue weighted by atomic mass is 10.0. The summed E-state index contributed by atoms with van der Waals surface area (Å²) in [6, 6.07) is 5.13. The van der Waals surface area contributed by atoms with Crippen molar-refractivity contribution in [3.63, 3.8) is 0 Å². The highest BCUT2D eigenvalue weighted by molar-refractivity contribution is 6.42. The summed E-state index contributed by atoms with van der Waals surface area (Å²) in [5, 5.41) is 7.22. The second-order valence-electron chi connectivity index (χ2n) is 6.39. The van der Waals surface area contributed by atoms with Crippen molar-refractivity contribution in [3.8, 4) is 0 Å². The quantitative estimate of drug-likeness (QED) is 0.736. The number of nitrogens with zero attached hydrogens (tertiary/aromatic N) is 2. The van der Waals surface area contributed by atoms with Crippen LogP contribution in [0.2, 0.25) is 10.0 Å². The molecule has 1 heterocycles. The predicted molar refractivity (Wildman–Crippen MR) is 102 cm³/mol. The van der Waals surface area contributed by atoms with Gasteiger partial charge >= 0.3 is 0 Å². The highest BCUT2D eigenvalue weighted by Gasteiger charge is 2.21. The van der Waals surface area contributed by atoms with Crippen molar-refractivity contribution >= 4 is 29.1 Å². The molecule has 0 radical (unpaired) electrons. The molecule has 7 heteroatoms. The molecule has 1 atom stereocenters. The topological polar surface area (TPSA) is 59.0 Å². The molecule has 1 aromatic carbocycles. The molecule has 2 aromatic rings. The van der Waals surface area contributed by atoms with Gasteiger partial charge in [-0.25, -0.2) is 4.98 Å². The maximum atomic E-state index is 12.5. The molecule has 136 valence electrons. The molecule has 0 aliphatic rings. The Morgan fingerprint density at radius 1 is 1.32 bits per heavy atom. The van der Waals surface area contributed by atoms with Crippen LogP contribution in [0.25, 0.3) is 0 Å². The Labute approximate surface area is 158 Å². The monoisotopic (exact) mass is 382 g/mol. The number of nitrogens with one attached hydrogen (secondary N) is 2. The fourth-order valence-corrected chi connectivity index (χ4v) is 2.95. The molecule has 0 saturated carbocycles. The molecule has 0 aliphatic heterocycles. The molecular formula is C18H24Cl2N4O. The van der Waals surface area contributed by atoms with Crippen LogP contribution in [0.4, 0.5) is 0 Å². The van der Waals surface area contributed by atoms with Gasteiger partial charge in [0.25, 0.3) is 0 Å². The van der Waals surface area contributed by atoms with Gasteiger partial charge in [0.05, 0.1) is 28.1 Å². The summed E-state index contributed by atoms with van der Waals surface area (Å²) in [6.45, 7) is 5.07. The fraction of sp³-hybridized carbons (Fsp3) is 0.444. The van der Waals surface area contributed by atoms with E-state index in [9.17, 15) is 4.79 Å². The van der Waals surface area contributed by atoms with Gasteiger partial charge in [-0.05, 0) is 17.5 Å². The number of imidazole rings is 1. The van der Waals surface area contributed by atoms with Crippen molar-refractivity contribution in [2.45, 2.75) is 32.9 Å². The molecule has 0 aliphatic carbocycles. The number of carbonyl (C=O) groups is 1. The van der Waals surface area contributed by atoms with Crippen LogP contribution in [-0.4, -0.2) is 28.0 Å². The maximum Gasteiger partial charge on any atom is 0.237 e. The van der Waals surface area contributed by atoms with E-state index in [1.54, 1.807) is 12.4 Å². The van der Waals surface area contributed by atoms with Gasteiger partial charge in [-0.1, -0.05) is 49.2 Å². The first-order valence-electron chi connectivity index (χ1n) is 8.29. The minimum absolute atomic E-state index is 0.0490. The molecule has 2 N–H and O–H groups in total. The maximum absolute atomic E-state index is 12.5. The molecule has 1 amide bonds. The molecule has 1 aromatic heterocycles. The van der Waals surface area contributed by atoms with Gasteiger partial charge in [-0.15, -0.1) is 0 Å². The smallest absolute Gasteiger partial charge is 0.237 e. The summed E-state index contributed by atoms with van der Waals surface area (Å²) in [7, 11) is 1.94. The molecule has 25 heavy (non-hydrogen) atoms. The molecule has 0 saturated heterocycles. The summed E-state index contributed by atoms with van der Waals surface area (Å²) in [4.78, 5) is 16.8. The molecule has 0 spiro atoms. The average Bonchev–Trinajstić information content (AvgIpc) is 2.97. The lowest BCUT2D eigenvalue weighted by Gasteiger charge is -2.22. The van der Waals surface area contributed by atoms with Crippen LogP contribution in [0.5, 0.6) is 0 Å². The van der Waals surface area contributed by atoms with E-state index in [2.05, 4.69) is 15.6 Å². The number of rotatable bonds is 8. The van der Waals surface area contributed by atoms with Crippen LogP contribution in [0.3, 0.4) is 0 Å². The Kier molecular flexibility index (Phi) is 7.29. The van der Waals surface area contributed by atoms with Gasteiger partial charge in [-0.3, -0.25) is 4.79 Å². The molecule has 1 unspecified atom stereocenters. The van der Waals surface area contributed by atoms with Crippen LogP contribution >= 0.6 is 23.2 Å². The third-order valence-corrected chi connectivity index (χ3v) is 4.80. The minimum Gasteiger partial charge on any atom is -0.351 e. The third kappa shape index (κ3) is 5.73. The van der Waals surface area contributed by atoms with Gasteiger partial charge in [0, 0.05) is 32.8 Å². The van der Waals surface area contributed by atoms with Crippen molar-refractivity contribution in [1.82, 2.24) is 20.2 Å². The third-order valence-electron chi connectivity index (χ3n) is 3.94. The highest BCUT2D eigenvalue weighted by Crippen LogP contribution is 2.25. The van der Waals surface area contributed by atoms with Crippen LogP contribution in [0.15, 0.2) is 30.7 Å². The first-order valence-corrected chi connectivity index (χ1v) is 9.05. The van der Waals surface area contributed by atoms with Gasteiger partial charge in [0.2, 0.25) is 5.91 Å². The summed E-state index contributed by atoms with van der Waals surface area (Å²) in [5.74, 6) is 0.116. The zero-order chi connectivity index (χ0) is 18.4. The second kappa shape index (κ2) is 9.22. The number of aromatic nitrogens is 2. The van der Waals surface area contributed by atoms with Crippen LogP contribution in [0.1, 0.15) is 25.1 Å². The van der Waals surface area contributed by atoms with E-state index in [4.69, 9.17) is 23.2 Å². The Hall–Kier alpha value is -1.56. The molecule has 5 nitrogen and oxygen atoms in total. The number of halogens is 2. The zero-order valence-electron chi connectivity index (χ0n) is 14.7. The van der Waals surface area contributed by atoms with Crippen molar-refractivity contribution in [3.05, 3.63) is 52.0 Å². The number of hydrogen-bond acceptors (Lipinski definition) is 3. The summed E-state index contributed by atoms with van der Waals surface area (Å²) in [6.07, 6.45) is 4.53. The zero-order valence-corrected chi connectivity index (χ0v) is 16.2. The SMILES string of the molecule is CC(C)C(NCCc1cn(C)cn1)C(=O)NCc1cccc(Cl)c1Cl. The Morgan fingerprint density at radius 3 is 2.72 bits per heavy atom. The van der Waals surface area contributed by atoms with Crippen molar-refractivity contribution in [2.24, 2.45) is 13.0 Å². The van der Waals surface area contributed by atoms with Gasteiger partial charge in [0.1, 0.15) is 0 Å². The normalized spacial score (nSPS) is 12.4. The lowest BCUT2D eigenvalue weighted by Crippen LogP contribution is -2.47. The van der Waals surface area contributed by atoms with E-state index in [0.29, 0.717) is 23.1 Å². The molecular weight excluding hydrogens is 359 g/mol. The van der Waals surface area contributed by atoms with Crippen LogP contribution in [0, 0.1) is 5.92 Å². The number of amides is 1. The van der Waals surface area contributed by atoms with E-state index in [1.165, 1.54) is 0 Å². The number of carbonyl (C=O) groups excluding carboxylic acids is 1. The van der Waals surface area contributed by atoms with Crippen LogP contribution in [-0.2, 0) is 24.8 Å². The largest absolute Gasteiger partial charge is 0.351 e. The summed E-state index contributed by atoms with van der Waals surface area (Å²) < 4.78 is 1.91. The second-order valence-corrected chi connectivity index (χ2v) is 7.17. The van der Waals surface area contributed by atoms with Crippen molar-refractivity contribution in [2.75, 3.05) is 6.54 Å². The molecule has 0 fully saturated rings. The van der Waals surface area contributed by atoms with Gasteiger partial charge < -0.3 is 15.2 Å². The molecule has 2 rings (SSSR count). The minimum atomic E-state index is -0.276. The summed E-state index contributed by atoms with van der Waals surface area (Å²) in [5.41, 5.74) is 1.81. The standard InChI is InChI=1S/C18H24Cl2N4O/c1-12(2)17(21-8-7-14-10-24(3)11-23-14)18(25)22-9-13-5-4-6-15(19)16(13)20/h4-6,10-12,17,21H,7-9H2,1-3H3,(H,22,25). The summed E-state index contributed by atoms with van der Waals surface area (Å²) >= 11 is 12.2. The first kappa shape index (κ1) is 19.8. The van der Waals surface area contributed by atoms with E-state index in [1.807, 2.05) is 43.8 Å². The number of benzene rings is 1. The highest BCUT2D eigenvalue weighted by atomic mass is 35.5. The Morgan fingerprint density at radius 2 is 2.08 bits per heavy atom. The van der Waals surface area contributed by atoms with Crippen LogP contribution < -0.4 is 10.6 Å². The Balaban J connectivity index is 1.87. The van der Waals surface area contributed by atoms with Gasteiger partial charge in [0.15, 0.2) is 0 Å². The van der Waals surface area contributed by atoms with Gasteiger partial charge in [-0.2, -0.15) is 0 Å². The number of aryl methyl sites for hydroxylation is 1. The van der Waals surface area contributed by atoms with E-state index >= 15 is 0 Å². The van der Waals surface area contributed by atoms with Crippen molar-refractivity contribution < 1.29 is 4.79 Å². The van der Waals surface area contributed by atoms with Crippen molar-refractivity contribution in [1.29, 1.82) is 0 Å². The van der Waals surface area contributed by atoms with E-state index in [0.717, 1.165) is 17.7 Å². The van der Waals surface area contributed by atoms with E-state index < -0.39 is 0 Å². The predicted octanol–water partition coefficient (Wildman–Crippen LogP) is 3.20. The fourth-order valence-electron chi connectivity index (χ4n) is 2.56. The lowest BCUT2D eigenvalue weighted by molar-refractivity contribution is -0.124. The molecule has 0 bridgehead atoms. The first-order chi connectivity index (χ1) is 11.9. The van der Waals surface area contributed by atoms with E-state index in [-0.39, 0.29) is 17.9 Å². The Bertz CT molecular complexity index is 715. The average molecular weight is 383 g/mol.